The van der Waals surface area contributed by atoms with Gasteiger partial charge < -0.3 is 5.11 Å². The molecule has 1 saturated heterocycles. The van der Waals surface area contributed by atoms with Crippen molar-refractivity contribution in [3.63, 3.8) is 0 Å². The number of hydrogen-bond acceptors (Lipinski definition) is 2. The molecule has 2 aliphatic rings. The lowest BCUT2D eigenvalue weighted by Crippen LogP contribution is -2.27. The van der Waals surface area contributed by atoms with Gasteiger partial charge in [0.15, 0.2) is 0 Å². The predicted octanol–water partition coefficient (Wildman–Crippen LogP) is 0.0288. The Hall–Kier alpha value is -0.0800. The highest BCUT2D eigenvalue weighted by atomic mass is 16.3. The van der Waals surface area contributed by atoms with Crippen molar-refractivity contribution in [2.24, 2.45) is 5.92 Å². The van der Waals surface area contributed by atoms with Gasteiger partial charge in [0, 0.05) is 6.04 Å². The molecule has 1 saturated carbocycles. The molecular weight excluding hydrogens is 102 g/mol. The van der Waals surface area contributed by atoms with E-state index in [9.17, 15) is 0 Å². The Morgan fingerprint density at radius 3 is 2.50 bits per heavy atom. The van der Waals surface area contributed by atoms with Crippen molar-refractivity contribution in [2.45, 2.75) is 25.1 Å². The number of nitrogens with zero attached hydrogens (tertiary/aromatic N) is 1. The number of likely N-dealkylation sites (tertiary alicyclic amines) is 1. The van der Waals surface area contributed by atoms with Gasteiger partial charge in [0.25, 0.3) is 0 Å². The molecule has 0 aromatic carbocycles. The molecule has 2 fully saturated rings. The fraction of sp³-hybridized carbons (Fsp3) is 1.00. The van der Waals surface area contributed by atoms with E-state index in [0.29, 0.717) is 0 Å². The van der Waals surface area contributed by atoms with E-state index >= 15 is 0 Å². The second-order valence-electron chi connectivity index (χ2n) is 2.94. The molecule has 46 valence electrons. The van der Waals surface area contributed by atoms with Gasteiger partial charge >= 0.3 is 0 Å². The maximum Gasteiger partial charge on any atom is 0.107 e. The Balaban J connectivity index is 2.08. The lowest BCUT2D eigenvalue weighted by molar-refractivity contribution is 0.0377. The normalized spacial score (nSPS) is 54.0. The van der Waals surface area contributed by atoms with Gasteiger partial charge in [0.2, 0.25) is 0 Å². The van der Waals surface area contributed by atoms with Crippen molar-refractivity contribution >= 4 is 0 Å². The number of hydrogen-bond donors (Lipinski definition) is 1. The Morgan fingerprint density at radius 1 is 1.50 bits per heavy atom. The second kappa shape index (κ2) is 1.25. The van der Waals surface area contributed by atoms with E-state index in [2.05, 4.69) is 4.90 Å². The number of fused-ring (bicyclic) bond motifs is 1. The maximum absolute atomic E-state index is 9.12. The standard InChI is InChI=1S/C6H11NO/c1-7-5-2-4(5)3-6(7)8/h4-6,8H,2-3H2,1H3/t4-,5-,6+/m0/s1. The van der Waals surface area contributed by atoms with Crippen LogP contribution in [-0.2, 0) is 0 Å². The molecule has 0 amide bonds. The van der Waals surface area contributed by atoms with Gasteiger partial charge in [0.1, 0.15) is 6.23 Å². The van der Waals surface area contributed by atoms with Crippen molar-refractivity contribution in [2.75, 3.05) is 7.05 Å². The Kier molecular flexibility index (Phi) is 0.746. The summed E-state index contributed by atoms with van der Waals surface area (Å²) in [5.41, 5.74) is 0. The molecule has 3 atom stereocenters. The summed E-state index contributed by atoms with van der Waals surface area (Å²) >= 11 is 0. The first-order chi connectivity index (χ1) is 3.79. The van der Waals surface area contributed by atoms with E-state index in [1.54, 1.807) is 0 Å². The van der Waals surface area contributed by atoms with Gasteiger partial charge in [-0.2, -0.15) is 0 Å². The van der Waals surface area contributed by atoms with E-state index in [-0.39, 0.29) is 6.23 Å². The van der Waals surface area contributed by atoms with E-state index in [1.807, 2.05) is 7.05 Å². The van der Waals surface area contributed by atoms with Crippen LogP contribution in [0.1, 0.15) is 12.8 Å². The van der Waals surface area contributed by atoms with Crippen LogP contribution in [0.5, 0.6) is 0 Å². The van der Waals surface area contributed by atoms with Crippen LogP contribution >= 0.6 is 0 Å². The molecule has 1 heterocycles. The highest BCUT2D eigenvalue weighted by molar-refractivity contribution is 5.01. The number of aliphatic hydroxyl groups excluding tert-OH is 1. The van der Waals surface area contributed by atoms with Gasteiger partial charge in [-0.1, -0.05) is 0 Å². The van der Waals surface area contributed by atoms with E-state index < -0.39 is 0 Å². The molecule has 0 unspecified atom stereocenters. The van der Waals surface area contributed by atoms with Gasteiger partial charge in [-0.15, -0.1) is 0 Å². The molecule has 2 heteroatoms. The Bertz CT molecular complexity index is 113. The van der Waals surface area contributed by atoms with Crippen molar-refractivity contribution in [1.29, 1.82) is 0 Å². The lowest BCUT2D eigenvalue weighted by Gasteiger charge is -2.15. The van der Waals surface area contributed by atoms with Crippen LogP contribution in [-0.4, -0.2) is 29.3 Å². The molecule has 1 aliphatic heterocycles. The molecule has 8 heavy (non-hydrogen) atoms. The Morgan fingerprint density at radius 2 is 2.25 bits per heavy atom. The first-order valence-electron chi connectivity index (χ1n) is 3.19. The molecule has 2 nitrogen and oxygen atoms in total. The van der Waals surface area contributed by atoms with Gasteiger partial charge in [-0.25, -0.2) is 0 Å². The molecule has 1 aliphatic carbocycles. The average molecular weight is 113 g/mol. The van der Waals surface area contributed by atoms with Crippen molar-refractivity contribution in [3.05, 3.63) is 0 Å². The molecule has 0 radical (unpaired) electrons. The summed E-state index contributed by atoms with van der Waals surface area (Å²) in [4.78, 5) is 2.07. The largest absolute Gasteiger partial charge is 0.378 e. The quantitative estimate of drug-likeness (QED) is 0.479. The van der Waals surface area contributed by atoms with Crippen molar-refractivity contribution < 1.29 is 5.11 Å². The molecule has 1 N–H and O–H groups in total. The molecular formula is C6H11NO. The van der Waals surface area contributed by atoms with Crippen LogP contribution in [0.4, 0.5) is 0 Å². The summed E-state index contributed by atoms with van der Waals surface area (Å²) < 4.78 is 0. The average Bonchev–Trinajstić information content (AvgIpc) is 2.39. The summed E-state index contributed by atoms with van der Waals surface area (Å²) in [7, 11) is 2.00. The topological polar surface area (TPSA) is 23.5 Å². The summed E-state index contributed by atoms with van der Waals surface area (Å²) in [6.07, 6.45) is 2.22. The zero-order chi connectivity index (χ0) is 5.72. The summed E-state index contributed by atoms with van der Waals surface area (Å²) in [6, 6.07) is 0.741. The molecule has 0 aromatic rings. The van der Waals surface area contributed by atoms with Crippen LogP contribution in [0.15, 0.2) is 0 Å². The number of piperidine rings is 1. The SMILES string of the molecule is CN1[C@H](O)C[C@@H]2C[C@@H]21. The highest BCUT2D eigenvalue weighted by Crippen LogP contribution is 2.45. The van der Waals surface area contributed by atoms with Crippen molar-refractivity contribution in [3.8, 4) is 0 Å². The maximum atomic E-state index is 9.12. The fourth-order valence-electron chi connectivity index (χ4n) is 1.64. The minimum absolute atomic E-state index is 0.126. The zero-order valence-corrected chi connectivity index (χ0v) is 5.04. The molecule has 0 spiro atoms. The number of aliphatic hydroxyl groups is 1. The van der Waals surface area contributed by atoms with Crippen LogP contribution in [0.3, 0.4) is 0 Å². The highest BCUT2D eigenvalue weighted by Gasteiger charge is 2.49. The third-order valence-corrected chi connectivity index (χ3v) is 2.39. The summed E-state index contributed by atoms with van der Waals surface area (Å²) in [6.45, 7) is 0. The van der Waals surface area contributed by atoms with E-state index in [1.165, 1.54) is 6.42 Å². The molecule has 0 aromatic heterocycles. The molecule has 0 bridgehead atoms. The first kappa shape index (κ1) is 4.77. The van der Waals surface area contributed by atoms with Gasteiger partial charge in [-0.05, 0) is 25.8 Å². The summed E-state index contributed by atoms with van der Waals surface area (Å²) in [5.74, 6) is 0.843. The van der Waals surface area contributed by atoms with Gasteiger partial charge in [0.05, 0.1) is 0 Å². The lowest BCUT2D eigenvalue weighted by atomic mass is 10.3. The van der Waals surface area contributed by atoms with Gasteiger partial charge in [-0.3, -0.25) is 4.90 Å². The van der Waals surface area contributed by atoms with Crippen LogP contribution in [0, 0.1) is 5.92 Å². The van der Waals surface area contributed by atoms with Crippen LogP contribution < -0.4 is 0 Å². The van der Waals surface area contributed by atoms with Crippen LogP contribution in [0.2, 0.25) is 0 Å². The second-order valence-corrected chi connectivity index (χ2v) is 2.94. The third-order valence-electron chi connectivity index (χ3n) is 2.39. The zero-order valence-electron chi connectivity index (χ0n) is 5.04. The smallest absolute Gasteiger partial charge is 0.107 e. The first-order valence-corrected chi connectivity index (χ1v) is 3.19. The summed E-state index contributed by atoms with van der Waals surface area (Å²) in [5, 5.41) is 9.12. The number of rotatable bonds is 0. The monoisotopic (exact) mass is 113 g/mol. The van der Waals surface area contributed by atoms with E-state index in [0.717, 1.165) is 18.4 Å². The third kappa shape index (κ3) is 0.446. The Labute approximate surface area is 49.1 Å². The minimum atomic E-state index is -0.126. The van der Waals surface area contributed by atoms with E-state index in [4.69, 9.17) is 5.11 Å². The van der Waals surface area contributed by atoms with Crippen LogP contribution in [0.25, 0.3) is 0 Å². The van der Waals surface area contributed by atoms with Crippen molar-refractivity contribution in [1.82, 2.24) is 4.90 Å². The minimum Gasteiger partial charge on any atom is -0.378 e. The molecule has 2 rings (SSSR count). The predicted molar refractivity (Wildman–Crippen MR) is 30.3 cm³/mol. The fourth-order valence-corrected chi connectivity index (χ4v) is 1.64.